The monoisotopic (exact) mass is 168 g/mol. The van der Waals surface area contributed by atoms with E-state index in [9.17, 15) is 0 Å². The van der Waals surface area contributed by atoms with E-state index in [2.05, 4.69) is 5.48 Å². The predicted octanol–water partition coefficient (Wildman–Crippen LogP) is 2.40. The van der Waals surface area contributed by atoms with Gasteiger partial charge in [-0.2, -0.15) is 0 Å². The summed E-state index contributed by atoms with van der Waals surface area (Å²) in [7, 11) is 0. The van der Waals surface area contributed by atoms with E-state index >= 15 is 0 Å². The van der Waals surface area contributed by atoms with Crippen molar-refractivity contribution in [3.05, 3.63) is 23.8 Å². The Morgan fingerprint density at radius 1 is 1.33 bits per heavy atom. The Hall–Kier alpha value is -1.22. The molecule has 12 heavy (non-hydrogen) atoms. The van der Waals surface area contributed by atoms with E-state index in [0.29, 0.717) is 11.4 Å². The van der Waals surface area contributed by atoms with Crippen LogP contribution < -0.4 is 11.2 Å². The van der Waals surface area contributed by atoms with Crippen molar-refractivity contribution in [3.63, 3.8) is 0 Å². The van der Waals surface area contributed by atoms with Crippen LogP contribution in [0.5, 0.6) is 0 Å². The topological polar surface area (TPSA) is 58.3 Å². The van der Waals surface area contributed by atoms with Crippen LogP contribution in [0.25, 0.3) is 0 Å². The van der Waals surface area contributed by atoms with Crippen LogP contribution in [-0.2, 0) is 0 Å². The minimum atomic E-state index is 0.641. The van der Waals surface area contributed by atoms with Crippen molar-refractivity contribution < 1.29 is 5.21 Å². The van der Waals surface area contributed by atoms with E-state index in [0.717, 1.165) is 5.56 Å². The molecule has 0 amide bonds. The van der Waals surface area contributed by atoms with Gasteiger partial charge in [-0.3, -0.25) is 10.7 Å². The molecule has 0 aliphatic heterocycles. The first-order valence-corrected chi connectivity index (χ1v) is 4.00. The fraction of sp³-hybridized carbons (Fsp3) is 0.333. The van der Waals surface area contributed by atoms with Crippen molar-refractivity contribution in [1.29, 1.82) is 0 Å². The number of anilines is 2. The van der Waals surface area contributed by atoms with Gasteiger partial charge in [0.1, 0.15) is 0 Å². The zero-order valence-electron chi connectivity index (χ0n) is 7.76. The van der Waals surface area contributed by atoms with Crippen molar-refractivity contribution in [2.45, 2.75) is 20.8 Å². The normalized spacial score (nSPS) is 8.33. The van der Waals surface area contributed by atoms with Crippen LogP contribution in [0.15, 0.2) is 18.2 Å². The van der Waals surface area contributed by atoms with Crippen molar-refractivity contribution in [3.8, 4) is 0 Å². The van der Waals surface area contributed by atoms with Gasteiger partial charge in [0.15, 0.2) is 0 Å². The van der Waals surface area contributed by atoms with Gasteiger partial charge in [0, 0.05) is 5.69 Å². The summed E-state index contributed by atoms with van der Waals surface area (Å²) in [5.41, 5.74) is 9.77. The smallest absolute Gasteiger partial charge is 0.0651 e. The number of aryl methyl sites for hydroxylation is 1. The van der Waals surface area contributed by atoms with Gasteiger partial charge in [0.2, 0.25) is 0 Å². The maximum absolute atomic E-state index is 8.54. The molecule has 0 saturated carbocycles. The summed E-state index contributed by atoms with van der Waals surface area (Å²) in [5, 5.41) is 8.54. The lowest BCUT2D eigenvalue weighted by Crippen LogP contribution is -1.94. The first kappa shape index (κ1) is 10.8. The summed E-state index contributed by atoms with van der Waals surface area (Å²) in [5.74, 6) is 0. The molecular weight excluding hydrogens is 152 g/mol. The molecule has 0 spiro atoms. The van der Waals surface area contributed by atoms with Crippen LogP contribution in [0.3, 0.4) is 0 Å². The molecule has 0 aliphatic rings. The molecule has 3 heteroatoms. The molecule has 0 unspecified atom stereocenters. The maximum Gasteiger partial charge on any atom is 0.0651 e. The van der Waals surface area contributed by atoms with Gasteiger partial charge in [-0.15, -0.1) is 0 Å². The Morgan fingerprint density at radius 3 is 2.33 bits per heavy atom. The Balaban J connectivity index is 0.000000561. The second-order valence-corrected chi connectivity index (χ2v) is 2.19. The summed E-state index contributed by atoms with van der Waals surface area (Å²) < 4.78 is 0. The largest absolute Gasteiger partial charge is 0.399 e. The van der Waals surface area contributed by atoms with Crippen molar-refractivity contribution in [2.24, 2.45) is 0 Å². The lowest BCUT2D eigenvalue weighted by Gasteiger charge is -2.03. The number of nitrogens with two attached hydrogens (primary N) is 1. The molecule has 1 rings (SSSR count). The summed E-state index contributed by atoms with van der Waals surface area (Å²) in [4.78, 5) is 0. The molecule has 0 heterocycles. The highest BCUT2D eigenvalue weighted by Gasteiger charge is 1.94. The van der Waals surface area contributed by atoms with Gasteiger partial charge in [0.25, 0.3) is 0 Å². The van der Waals surface area contributed by atoms with Gasteiger partial charge in [0.05, 0.1) is 5.69 Å². The standard InChI is InChI=1S/C7H10N2O.C2H6/c1-5-2-3-6(8)4-7(5)9-10;1-2/h2-4,9-10H,8H2,1H3;1-2H3. The number of hydrogen-bond donors (Lipinski definition) is 3. The Kier molecular flexibility index (Phi) is 4.88. The Labute approximate surface area is 73.2 Å². The second kappa shape index (κ2) is 5.43. The third-order valence-electron chi connectivity index (χ3n) is 1.38. The predicted molar refractivity (Wildman–Crippen MR) is 52.3 cm³/mol. The minimum Gasteiger partial charge on any atom is -0.399 e. The van der Waals surface area contributed by atoms with Crippen LogP contribution in [0.1, 0.15) is 19.4 Å². The van der Waals surface area contributed by atoms with Gasteiger partial charge in [-0.25, -0.2) is 0 Å². The fourth-order valence-corrected chi connectivity index (χ4v) is 0.760. The highest BCUT2D eigenvalue weighted by Crippen LogP contribution is 2.16. The van der Waals surface area contributed by atoms with Crippen LogP contribution in [0, 0.1) is 6.92 Å². The van der Waals surface area contributed by atoms with Crippen LogP contribution >= 0.6 is 0 Å². The molecule has 1 aromatic carbocycles. The quantitative estimate of drug-likeness (QED) is 0.446. The summed E-state index contributed by atoms with van der Waals surface area (Å²) in [6.45, 7) is 5.89. The fourth-order valence-electron chi connectivity index (χ4n) is 0.760. The van der Waals surface area contributed by atoms with Crippen LogP contribution in [-0.4, -0.2) is 5.21 Å². The molecule has 0 atom stereocenters. The molecule has 4 N–H and O–H groups in total. The number of nitrogens with one attached hydrogen (secondary N) is 1. The molecule has 1 aromatic rings. The number of benzene rings is 1. The molecule has 0 fully saturated rings. The third kappa shape index (κ3) is 2.80. The summed E-state index contributed by atoms with van der Waals surface area (Å²) >= 11 is 0. The minimum absolute atomic E-state index is 0.641. The first-order chi connectivity index (χ1) is 5.74. The number of rotatable bonds is 1. The van der Waals surface area contributed by atoms with Gasteiger partial charge in [-0.1, -0.05) is 19.9 Å². The van der Waals surface area contributed by atoms with Gasteiger partial charge < -0.3 is 5.73 Å². The molecule has 68 valence electrons. The lowest BCUT2D eigenvalue weighted by atomic mass is 10.2. The van der Waals surface area contributed by atoms with E-state index < -0.39 is 0 Å². The van der Waals surface area contributed by atoms with E-state index in [1.54, 1.807) is 12.1 Å². The molecule has 0 radical (unpaired) electrons. The number of nitrogen functional groups attached to an aromatic ring is 1. The zero-order valence-corrected chi connectivity index (χ0v) is 7.76. The van der Waals surface area contributed by atoms with Gasteiger partial charge >= 0.3 is 0 Å². The molecular formula is C9H16N2O. The molecule has 0 aromatic heterocycles. The van der Waals surface area contributed by atoms with E-state index in [1.165, 1.54) is 0 Å². The van der Waals surface area contributed by atoms with Gasteiger partial charge in [-0.05, 0) is 24.6 Å². The average Bonchev–Trinajstić information content (AvgIpc) is 2.13. The molecule has 0 saturated heterocycles. The SMILES string of the molecule is CC.Cc1ccc(N)cc1NO. The van der Waals surface area contributed by atoms with Crippen molar-refractivity contribution in [2.75, 3.05) is 11.2 Å². The molecule has 0 bridgehead atoms. The Morgan fingerprint density at radius 2 is 1.92 bits per heavy atom. The highest BCUT2D eigenvalue weighted by atomic mass is 16.5. The van der Waals surface area contributed by atoms with Crippen molar-refractivity contribution >= 4 is 11.4 Å². The second-order valence-electron chi connectivity index (χ2n) is 2.19. The summed E-state index contributed by atoms with van der Waals surface area (Å²) in [6.07, 6.45) is 0. The van der Waals surface area contributed by atoms with E-state index in [-0.39, 0.29) is 0 Å². The summed E-state index contributed by atoms with van der Waals surface area (Å²) in [6, 6.07) is 5.30. The Bertz CT molecular complexity index is 236. The third-order valence-corrected chi connectivity index (χ3v) is 1.38. The zero-order chi connectivity index (χ0) is 9.56. The molecule has 0 aliphatic carbocycles. The lowest BCUT2D eigenvalue weighted by molar-refractivity contribution is 0.388. The van der Waals surface area contributed by atoms with E-state index in [1.807, 2.05) is 26.8 Å². The average molecular weight is 168 g/mol. The van der Waals surface area contributed by atoms with Crippen LogP contribution in [0.2, 0.25) is 0 Å². The van der Waals surface area contributed by atoms with E-state index in [4.69, 9.17) is 10.9 Å². The number of hydrogen-bond acceptors (Lipinski definition) is 3. The van der Waals surface area contributed by atoms with Crippen LogP contribution in [0.4, 0.5) is 11.4 Å². The maximum atomic E-state index is 8.54. The molecule has 3 nitrogen and oxygen atoms in total. The highest BCUT2D eigenvalue weighted by molar-refractivity contribution is 5.57. The first-order valence-electron chi connectivity index (χ1n) is 4.00. The van der Waals surface area contributed by atoms with Crippen molar-refractivity contribution in [1.82, 2.24) is 0 Å².